The second-order valence-corrected chi connectivity index (χ2v) is 7.00. The number of fused-ring (bicyclic) bond motifs is 1. The Morgan fingerprint density at radius 1 is 1.25 bits per heavy atom. The zero-order valence-electron chi connectivity index (χ0n) is 15.9. The minimum absolute atomic E-state index is 0.441. The number of rotatable bonds is 5. The van der Waals surface area contributed by atoms with Gasteiger partial charge in [0.25, 0.3) is 5.91 Å². The highest BCUT2D eigenvalue weighted by Gasteiger charge is 2.23. The molecule has 2 N–H and O–H groups in total. The number of ether oxygens (including phenoxy) is 2. The molecular weight excluding hydrogens is 356 g/mol. The molecule has 0 spiro atoms. The molecule has 0 radical (unpaired) electrons. The number of pyridine rings is 1. The Morgan fingerprint density at radius 3 is 2.82 bits per heavy atom. The van der Waals surface area contributed by atoms with Crippen LogP contribution in [0.5, 0.6) is 11.5 Å². The fourth-order valence-corrected chi connectivity index (χ4v) is 3.67. The molecule has 28 heavy (non-hydrogen) atoms. The third-order valence-corrected chi connectivity index (χ3v) is 5.14. The first-order chi connectivity index (χ1) is 13.6. The lowest BCUT2D eigenvalue weighted by Gasteiger charge is -2.36. The van der Waals surface area contributed by atoms with Gasteiger partial charge in [0.2, 0.25) is 0 Å². The van der Waals surface area contributed by atoms with Crippen LogP contribution >= 0.6 is 0 Å². The van der Waals surface area contributed by atoms with Crippen LogP contribution in [0.4, 0.5) is 5.82 Å². The lowest BCUT2D eigenvalue weighted by Crippen LogP contribution is -2.48. The molecule has 0 unspecified atom stereocenters. The second-order valence-electron chi connectivity index (χ2n) is 7.00. The van der Waals surface area contributed by atoms with Crippen molar-refractivity contribution in [2.45, 2.75) is 0 Å². The van der Waals surface area contributed by atoms with Gasteiger partial charge in [-0.3, -0.25) is 9.69 Å². The summed E-state index contributed by atoms with van der Waals surface area (Å²) >= 11 is 0. The van der Waals surface area contributed by atoms with Gasteiger partial charge in [-0.25, -0.2) is 4.98 Å². The van der Waals surface area contributed by atoms with Gasteiger partial charge in [-0.15, -0.1) is 0 Å². The number of primary amides is 1. The van der Waals surface area contributed by atoms with Gasteiger partial charge in [0.1, 0.15) is 23.9 Å². The van der Waals surface area contributed by atoms with Crippen molar-refractivity contribution in [1.29, 1.82) is 0 Å². The van der Waals surface area contributed by atoms with Crippen LogP contribution in [0, 0.1) is 0 Å². The second kappa shape index (κ2) is 7.90. The van der Waals surface area contributed by atoms with Crippen molar-refractivity contribution in [3.05, 3.63) is 53.2 Å². The smallest absolute Gasteiger partial charge is 0.252 e. The molecule has 2 aromatic rings. The number of carbonyl (C=O) groups excluding carboxylic acids is 1. The standard InChI is InChI=1S/C21H24N4O3/c1-27-17-4-5-19-16(12-17)11-15(14-28-19)13-24-7-9-25(10-8-24)21-18(20(22)26)3-2-6-23-21/h2-6,11-12H,7-10,13-14H2,1H3,(H2,22,26). The maximum absolute atomic E-state index is 11.7. The van der Waals surface area contributed by atoms with Gasteiger partial charge in [0, 0.05) is 44.5 Å². The number of piperazine rings is 1. The highest BCUT2D eigenvalue weighted by atomic mass is 16.5. The summed E-state index contributed by atoms with van der Waals surface area (Å²) in [6, 6.07) is 9.33. The molecule has 3 heterocycles. The fraction of sp³-hybridized carbons (Fsp3) is 0.333. The van der Waals surface area contributed by atoms with Gasteiger partial charge in [0.05, 0.1) is 12.7 Å². The summed E-state index contributed by atoms with van der Waals surface area (Å²) in [7, 11) is 1.67. The van der Waals surface area contributed by atoms with E-state index in [9.17, 15) is 4.79 Å². The summed E-state index contributed by atoms with van der Waals surface area (Å²) in [5.74, 6) is 1.96. The maximum Gasteiger partial charge on any atom is 0.252 e. The number of anilines is 1. The van der Waals surface area contributed by atoms with E-state index >= 15 is 0 Å². The summed E-state index contributed by atoms with van der Waals surface area (Å²) in [5.41, 5.74) is 8.26. The Morgan fingerprint density at radius 2 is 2.07 bits per heavy atom. The lowest BCUT2D eigenvalue weighted by atomic mass is 10.1. The zero-order valence-corrected chi connectivity index (χ0v) is 15.9. The van der Waals surface area contributed by atoms with Crippen molar-refractivity contribution in [2.75, 3.05) is 51.3 Å². The number of benzene rings is 1. The van der Waals surface area contributed by atoms with Crippen LogP contribution in [-0.4, -0.2) is 62.2 Å². The summed E-state index contributed by atoms with van der Waals surface area (Å²) in [6.07, 6.45) is 3.89. The van der Waals surface area contributed by atoms with Crippen LogP contribution in [0.2, 0.25) is 0 Å². The van der Waals surface area contributed by atoms with Gasteiger partial charge in [-0.2, -0.15) is 0 Å². The van der Waals surface area contributed by atoms with Gasteiger partial charge >= 0.3 is 0 Å². The third-order valence-electron chi connectivity index (χ3n) is 5.14. The predicted molar refractivity (Wildman–Crippen MR) is 108 cm³/mol. The Bertz CT molecular complexity index is 904. The van der Waals surface area contributed by atoms with Crippen molar-refractivity contribution >= 4 is 17.8 Å². The molecule has 1 saturated heterocycles. The molecule has 7 nitrogen and oxygen atoms in total. The van der Waals surface area contributed by atoms with E-state index in [-0.39, 0.29) is 0 Å². The van der Waals surface area contributed by atoms with E-state index in [0.717, 1.165) is 49.8 Å². The van der Waals surface area contributed by atoms with E-state index in [1.807, 2.05) is 18.2 Å². The molecule has 2 aliphatic heterocycles. The van der Waals surface area contributed by atoms with Gasteiger partial charge in [-0.05, 0) is 42.0 Å². The predicted octanol–water partition coefficient (Wildman–Crippen LogP) is 1.79. The third kappa shape index (κ3) is 3.80. The molecular formula is C21H24N4O3. The fourth-order valence-electron chi connectivity index (χ4n) is 3.67. The van der Waals surface area contributed by atoms with Crippen molar-refractivity contribution in [3.63, 3.8) is 0 Å². The average Bonchev–Trinajstić information content (AvgIpc) is 2.73. The highest BCUT2D eigenvalue weighted by molar-refractivity contribution is 5.97. The van der Waals surface area contributed by atoms with E-state index < -0.39 is 5.91 Å². The number of carbonyl (C=O) groups is 1. The summed E-state index contributed by atoms with van der Waals surface area (Å²) in [6.45, 7) is 4.83. The Kier molecular flexibility index (Phi) is 5.16. The summed E-state index contributed by atoms with van der Waals surface area (Å²) in [4.78, 5) is 20.5. The van der Waals surface area contributed by atoms with Gasteiger partial charge < -0.3 is 20.1 Å². The zero-order chi connectivity index (χ0) is 19.5. The van der Waals surface area contributed by atoms with Crippen LogP contribution < -0.4 is 20.1 Å². The molecule has 1 amide bonds. The molecule has 4 rings (SSSR count). The average molecular weight is 380 g/mol. The molecule has 1 fully saturated rings. The molecule has 1 aromatic heterocycles. The molecule has 146 valence electrons. The van der Waals surface area contributed by atoms with Crippen molar-refractivity contribution in [3.8, 4) is 11.5 Å². The monoisotopic (exact) mass is 380 g/mol. The Hall–Kier alpha value is -3.06. The van der Waals surface area contributed by atoms with E-state index in [1.54, 1.807) is 25.4 Å². The molecule has 0 saturated carbocycles. The molecule has 1 aromatic carbocycles. The van der Waals surface area contributed by atoms with Crippen molar-refractivity contribution in [2.24, 2.45) is 5.73 Å². The number of nitrogens with zero attached hydrogens (tertiary/aromatic N) is 3. The number of hydrogen-bond donors (Lipinski definition) is 1. The number of nitrogens with two attached hydrogens (primary N) is 1. The van der Waals surface area contributed by atoms with Crippen molar-refractivity contribution < 1.29 is 14.3 Å². The minimum Gasteiger partial charge on any atom is -0.497 e. The molecule has 2 aliphatic rings. The minimum atomic E-state index is -0.441. The number of amides is 1. The molecule has 0 bridgehead atoms. The number of aromatic nitrogens is 1. The van der Waals surface area contributed by atoms with Crippen LogP contribution in [0.3, 0.4) is 0 Å². The quantitative estimate of drug-likeness (QED) is 0.852. The summed E-state index contributed by atoms with van der Waals surface area (Å²) < 4.78 is 11.2. The topological polar surface area (TPSA) is 80.9 Å². The Labute approximate surface area is 164 Å². The van der Waals surface area contributed by atoms with Crippen LogP contribution in [0.25, 0.3) is 6.08 Å². The van der Waals surface area contributed by atoms with E-state index in [1.165, 1.54) is 5.57 Å². The van der Waals surface area contributed by atoms with Crippen LogP contribution in [0.1, 0.15) is 15.9 Å². The van der Waals surface area contributed by atoms with E-state index in [0.29, 0.717) is 18.0 Å². The molecule has 7 heteroatoms. The highest BCUT2D eigenvalue weighted by Crippen LogP contribution is 2.30. The molecule has 0 aliphatic carbocycles. The van der Waals surface area contributed by atoms with Gasteiger partial charge in [0.15, 0.2) is 0 Å². The maximum atomic E-state index is 11.7. The normalized spacial score (nSPS) is 16.8. The first-order valence-electron chi connectivity index (χ1n) is 9.36. The van der Waals surface area contributed by atoms with Crippen molar-refractivity contribution in [1.82, 2.24) is 9.88 Å². The van der Waals surface area contributed by atoms with Gasteiger partial charge in [-0.1, -0.05) is 0 Å². The molecule has 0 atom stereocenters. The summed E-state index contributed by atoms with van der Waals surface area (Å²) in [5, 5.41) is 0. The largest absolute Gasteiger partial charge is 0.497 e. The Balaban J connectivity index is 1.40. The first-order valence-corrected chi connectivity index (χ1v) is 9.36. The van der Waals surface area contributed by atoms with Crippen LogP contribution in [-0.2, 0) is 0 Å². The first kappa shape index (κ1) is 18.3. The lowest BCUT2D eigenvalue weighted by molar-refractivity contribution is 0.1000. The number of hydrogen-bond acceptors (Lipinski definition) is 6. The van der Waals surface area contributed by atoms with Crippen LogP contribution in [0.15, 0.2) is 42.1 Å². The SMILES string of the molecule is COc1ccc2c(c1)C=C(CN1CCN(c3ncccc3C(N)=O)CC1)CO2. The van der Waals surface area contributed by atoms with E-state index in [2.05, 4.69) is 20.9 Å². The van der Waals surface area contributed by atoms with E-state index in [4.69, 9.17) is 15.2 Å². The number of methoxy groups -OCH3 is 1.